The second-order valence-corrected chi connectivity index (χ2v) is 28.9. The molecule has 0 bridgehead atoms. The van der Waals surface area contributed by atoms with Gasteiger partial charge in [0.1, 0.15) is 19.3 Å². The highest BCUT2D eigenvalue weighted by Gasteiger charge is 2.30. The van der Waals surface area contributed by atoms with Gasteiger partial charge in [-0.15, -0.1) is 0 Å². The normalized spacial score (nSPS) is 14.3. The van der Waals surface area contributed by atoms with E-state index in [0.29, 0.717) is 25.7 Å². The van der Waals surface area contributed by atoms with Gasteiger partial charge in [-0.3, -0.25) is 37.3 Å². The van der Waals surface area contributed by atoms with Gasteiger partial charge in [-0.05, 0) is 109 Å². The van der Waals surface area contributed by atoms with E-state index in [1.165, 1.54) is 116 Å². The number of phosphoric acid groups is 2. The number of carbonyl (C=O) groups is 4. The lowest BCUT2D eigenvalue weighted by molar-refractivity contribution is -0.161. The molecule has 3 N–H and O–H groups in total. The average Bonchev–Trinajstić information content (AvgIpc) is 1.15. The molecule has 17 nitrogen and oxygen atoms in total. The number of hydrogen-bond donors (Lipinski definition) is 3. The van der Waals surface area contributed by atoms with Gasteiger partial charge in [0.05, 0.1) is 26.4 Å². The molecule has 0 amide bonds. The molecule has 0 aliphatic carbocycles. The van der Waals surface area contributed by atoms with Crippen molar-refractivity contribution in [2.45, 2.75) is 367 Å². The first kappa shape index (κ1) is 92.8. The smallest absolute Gasteiger partial charge is 0.462 e. The van der Waals surface area contributed by atoms with E-state index in [-0.39, 0.29) is 25.7 Å². The summed E-state index contributed by atoms with van der Waals surface area (Å²) in [4.78, 5) is 72.8. The number of phosphoric ester groups is 2. The van der Waals surface area contributed by atoms with E-state index >= 15 is 0 Å². The summed E-state index contributed by atoms with van der Waals surface area (Å²) in [6.45, 7) is 4.78. The summed E-state index contributed by atoms with van der Waals surface area (Å²) in [6.07, 6.45) is 67.8. The second-order valence-electron chi connectivity index (χ2n) is 25.9. The van der Waals surface area contributed by atoms with Crippen molar-refractivity contribution in [3.05, 3.63) is 60.8 Å². The Balaban J connectivity index is 5.32. The van der Waals surface area contributed by atoms with Crippen LogP contribution in [0.4, 0.5) is 0 Å². The van der Waals surface area contributed by atoms with E-state index in [0.717, 1.165) is 154 Å². The minimum atomic E-state index is -4.97. The van der Waals surface area contributed by atoms with Gasteiger partial charge < -0.3 is 33.8 Å². The number of ether oxygens (including phenoxy) is 4. The number of aliphatic hydroxyl groups excluding tert-OH is 1. The summed E-state index contributed by atoms with van der Waals surface area (Å²) in [5, 5.41) is 10.6. The number of hydrogen-bond acceptors (Lipinski definition) is 15. The van der Waals surface area contributed by atoms with Crippen LogP contribution >= 0.6 is 15.6 Å². The van der Waals surface area contributed by atoms with Crippen molar-refractivity contribution in [1.29, 1.82) is 0 Å². The Labute approximate surface area is 584 Å². The number of carbonyl (C=O) groups excluding carboxylic acids is 4. The quantitative estimate of drug-likeness (QED) is 0.0169. The van der Waals surface area contributed by atoms with Gasteiger partial charge in [-0.1, -0.05) is 275 Å². The predicted octanol–water partition coefficient (Wildman–Crippen LogP) is 21.9. The molecule has 96 heavy (non-hydrogen) atoms. The van der Waals surface area contributed by atoms with Gasteiger partial charge in [-0.25, -0.2) is 9.13 Å². The van der Waals surface area contributed by atoms with Gasteiger partial charge in [0.25, 0.3) is 0 Å². The van der Waals surface area contributed by atoms with Crippen LogP contribution in [0.3, 0.4) is 0 Å². The molecule has 19 heteroatoms. The number of rotatable bonds is 73. The lowest BCUT2D eigenvalue weighted by atomic mass is 10.0. The van der Waals surface area contributed by atoms with Crippen LogP contribution in [0, 0.1) is 0 Å². The zero-order chi connectivity index (χ0) is 70.4. The third kappa shape index (κ3) is 69.2. The average molecular weight is 1400 g/mol. The van der Waals surface area contributed by atoms with E-state index in [4.69, 9.17) is 37.0 Å². The molecule has 5 unspecified atom stereocenters. The van der Waals surface area contributed by atoms with E-state index < -0.39 is 97.5 Å². The molecule has 0 spiro atoms. The van der Waals surface area contributed by atoms with Crippen LogP contribution in [-0.2, 0) is 65.4 Å². The van der Waals surface area contributed by atoms with Crippen LogP contribution < -0.4 is 0 Å². The zero-order valence-corrected chi connectivity index (χ0v) is 62.8. The molecule has 560 valence electrons. The van der Waals surface area contributed by atoms with E-state index in [2.05, 4.69) is 88.5 Å². The summed E-state index contributed by atoms with van der Waals surface area (Å²) in [5.41, 5.74) is 0. The Kier molecular flexibility index (Phi) is 67.8. The lowest BCUT2D eigenvalue weighted by Gasteiger charge is -2.21. The van der Waals surface area contributed by atoms with Crippen LogP contribution in [-0.4, -0.2) is 96.7 Å². The van der Waals surface area contributed by atoms with E-state index in [1.807, 2.05) is 0 Å². The Morgan fingerprint density at radius 3 is 0.854 bits per heavy atom. The number of allylic oxidation sites excluding steroid dienone is 10. The van der Waals surface area contributed by atoms with Crippen LogP contribution in [0.1, 0.15) is 349 Å². The highest BCUT2D eigenvalue weighted by molar-refractivity contribution is 7.47. The molecule has 0 aromatic heterocycles. The van der Waals surface area contributed by atoms with Crippen LogP contribution in [0.2, 0.25) is 0 Å². The molecular formula is C77H140O17P2. The minimum absolute atomic E-state index is 0.0834. The van der Waals surface area contributed by atoms with Crippen molar-refractivity contribution in [2.24, 2.45) is 0 Å². The third-order valence-electron chi connectivity index (χ3n) is 16.4. The first-order chi connectivity index (χ1) is 46.7. The largest absolute Gasteiger partial charge is 0.472 e. The number of esters is 4. The minimum Gasteiger partial charge on any atom is -0.462 e. The Bertz CT molecular complexity index is 2060. The van der Waals surface area contributed by atoms with Crippen molar-refractivity contribution in [1.82, 2.24) is 0 Å². The van der Waals surface area contributed by atoms with Crippen molar-refractivity contribution in [3.63, 3.8) is 0 Å². The summed E-state index contributed by atoms with van der Waals surface area (Å²) in [5.74, 6) is -2.19. The molecule has 0 aliphatic heterocycles. The highest BCUT2D eigenvalue weighted by atomic mass is 31.2. The zero-order valence-electron chi connectivity index (χ0n) is 61.1. The first-order valence-corrected chi connectivity index (χ1v) is 41.5. The van der Waals surface area contributed by atoms with Crippen molar-refractivity contribution in [2.75, 3.05) is 39.6 Å². The monoisotopic (exact) mass is 1400 g/mol. The second kappa shape index (κ2) is 70.2. The Morgan fingerprint density at radius 1 is 0.292 bits per heavy atom. The predicted molar refractivity (Wildman–Crippen MR) is 390 cm³/mol. The molecule has 0 heterocycles. The van der Waals surface area contributed by atoms with Crippen molar-refractivity contribution >= 4 is 39.5 Å². The van der Waals surface area contributed by atoms with Gasteiger partial charge in [0.15, 0.2) is 12.2 Å². The topological polar surface area (TPSA) is 237 Å². The summed E-state index contributed by atoms with van der Waals surface area (Å²) >= 11 is 0. The fourth-order valence-corrected chi connectivity index (χ4v) is 12.1. The molecule has 0 saturated heterocycles. The SMILES string of the molecule is CCC/C=C\C/C=C\CCCCCCCC(=O)OC(COC(=O)CCCCCCCCCCCCCCCCC)COP(=O)(O)OCC(O)COP(=O)(O)OCC(COC(=O)CCCCCCC/C=C\C/C=C\CCCCC)OC(=O)CCCCCCC/C=C\CCCCCC. The van der Waals surface area contributed by atoms with Crippen molar-refractivity contribution in [3.8, 4) is 0 Å². The molecule has 0 rings (SSSR count). The van der Waals surface area contributed by atoms with Crippen LogP contribution in [0.5, 0.6) is 0 Å². The molecule has 0 saturated carbocycles. The van der Waals surface area contributed by atoms with Crippen molar-refractivity contribution < 1.29 is 80.2 Å². The fraction of sp³-hybridized carbons (Fsp3) is 0.818. The molecule has 0 aromatic carbocycles. The van der Waals surface area contributed by atoms with Gasteiger partial charge in [-0.2, -0.15) is 0 Å². The molecule has 5 atom stereocenters. The standard InChI is InChI=1S/C77H140O17P2/c1-5-9-13-17-21-25-29-33-35-39-41-45-49-53-57-61-74(79)87-67-72(93-76(81)63-59-55-51-47-43-37-31-27-23-19-15-11-7-3)69-91-95(83,84)89-65-71(78)66-90-96(85,86)92-70-73(94-77(82)64-60-56-52-48-44-38-32-28-24-20-16-12-8-4)68-88-75(80)62-58-54-50-46-42-40-36-34-30-26-22-18-14-10-6-2/h15,19,22,26-28,31-32,34,36,71-73,78H,5-14,16-18,20-21,23-25,29-30,33,35,37-70H2,1-4H3,(H,83,84)(H,85,86)/b19-15-,26-22-,31-27-,32-28-,36-34-. The summed E-state index contributed by atoms with van der Waals surface area (Å²) in [7, 11) is -9.94. The fourth-order valence-electron chi connectivity index (χ4n) is 10.5. The number of unbranched alkanes of at least 4 members (excludes halogenated alkanes) is 37. The summed E-state index contributed by atoms with van der Waals surface area (Å²) in [6, 6.07) is 0. The molecule has 0 aromatic rings. The maximum absolute atomic E-state index is 13.1. The first-order valence-electron chi connectivity index (χ1n) is 38.5. The number of aliphatic hydroxyl groups is 1. The Hall–Kier alpha value is -3.24. The Morgan fingerprint density at radius 2 is 0.531 bits per heavy atom. The van der Waals surface area contributed by atoms with E-state index in [1.54, 1.807) is 0 Å². The van der Waals surface area contributed by atoms with Gasteiger partial charge in [0.2, 0.25) is 0 Å². The maximum atomic E-state index is 13.1. The van der Waals surface area contributed by atoms with Crippen LogP contribution in [0.15, 0.2) is 60.8 Å². The van der Waals surface area contributed by atoms with Gasteiger partial charge >= 0.3 is 39.5 Å². The highest BCUT2D eigenvalue weighted by Crippen LogP contribution is 2.45. The molecule has 0 radical (unpaired) electrons. The molecular weight excluding hydrogens is 1260 g/mol. The van der Waals surface area contributed by atoms with E-state index in [9.17, 15) is 43.2 Å². The van der Waals surface area contributed by atoms with Crippen LogP contribution in [0.25, 0.3) is 0 Å². The maximum Gasteiger partial charge on any atom is 0.472 e. The lowest BCUT2D eigenvalue weighted by Crippen LogP contribution is -2.30. The molecule has 0 aliphatic rings. The summed E-state index contributed by atoms with van der Waals surface area (Å²) < 4.78 is 68.4. The van der Waals surface area contributed by atoms with Gasteiger partial charge in [0, 0.05) is 25.7 Å². The molecule has 0 fully saturated rings. The third-order valence-corrected chi connectivity index (χ3v) is 18.3.